The predicted molar refractivity (Wildman–Crippen MR) is 122 cm³/mol. The zero-order chi connectivity index (χ0) is 20.3. The average molecular weight is 412 g/mol. The summed E-state index contributed by atoms with van der Waals surface area (Å²) in [4.78, 5) is 13.4. The molecule has 5 aromatic rings. The second-order valence-corrected chi connectivity index (χ2v) is 8.07. The van der Waals surface area contributed by atoms with Gasteiger partial charge < -0.3 is 9.72 Å². The Hall–Kier alpha value is -3.44. The lowest BCUT2D eigenvalue weighted by Gasteiger charge is -2.13. The van der Waals surface area contributed by atoms with Gasteiger partial charge in [-0.1, -0.05) is 54.6 Å². The van der Waals surface area contributed by atoms with Gasteiger partial charge in [0.2, 0.25) is 0 Å². The SMILES string of the molecule is COc1ccc(C[C@H](c2nc3ccccc3[nH]2)c2nc(-c3ccccc3)cs2)cc1. The Morgan fingerprint density at radius 2 is 1.67 bits per heavy atom. The van der Waals surface area contributed by atoms with Crippen molar-refractivity contribution in [1.82, 2.24) is 15.0 Å². The van der Waals surface area contributed by atoms with Crippen LogP contribution in [-0.4, -0.2) is 22.1 Å². The van der Waals surface area contributed by atoms with Crippen LogP contribution in [0.1, 0.15) is 22.3 Å². The third-order valence-electron chi connectivity index (χ3n) is 5.23. The van der Waals surface area contributed by atoms with E-state index in [9.17, 15) is 0 Å². The third-order valence-corrected chi connectivity index (χ3v) is 6.18. The van der Waals surface area contributed by atoms with Crippen molar-refractivity contribution in [2.75, 3.05) is 7.11 Å². The van der Waals surface area contributed by atoms with Crippen molar-refractivity contribution in [2.24, 2.45) is 0 Å². The van der Waals surface area contributed by atoms with Gasteiger partial charge in [0.25, 0.3) is 0 Å². The first-order valence-electron chi connectivity index (χ1n) is 9.88. The molecule has 4 nitrogen and oxygen atoms in total. The molecule has 5 heteroatoms. The summed E-state index contributed by atoms with van der Waals surface area (Å²) in [6.45, 7) is 0. The number of nitrogens with zero attached hydrogens (tertiary/aromatic N) is 2. The molecule has 2 heterocycles. The number of hydrogen-bond acceptors (Lipinski definition) is 4. The van der Waals surface area contributed by atoms with Crippen LogP contribution in [0.3, 0.4) is 0 Å². The molecule has 0 aliphatic carbocycles. The highest BCUT2D eigenvalue weighted by molar-refractivity contribution is 7.10. The molecule has 1 atom stereocenters. The minimum Gasteiger partial charge on any atom is -0.497 e. The van der Waals surface area contributed by atoms with Crippen LogP contribution < -0.4 is 4.74 Å². The number of methoxy groups -OCH3 is 1. The molecule has 0 aliphatic heterocycles. The number of thiazole rings is 1. The summed E-state index contributed by atoms with van der Waals surface area (Å²) >= 11 is 1.69. The van der Waals surface area contributed by atoms with E-state index in [0.717, 1.165) is 45.3 Å². The van der Waals surface area contributed by atoms with Crippen molar-refractivity contribution in [3.63, 3.8) is 0 Å². The molecule has 0 spiro atoms. The van der Waals surface area contributed by atoms with Gasteiger partial charge in [0.1, 0.15) is 16.6 Å². The summed E-state index contributed by atoms with van der Waals surface area (Å²) in [5.74, 6) is 1.86. The van der Waals surface area contributed by atoms with Crippen molar-refractivity contribution in [3.05, 3.63) is 101 Å². The standard InChI is InChI=1S/C25H21N3OS/c1-29-19-13-11-17(12-14-19)15-20(24-26-21-9-5-6-10-22(21)27-24)25-28-23(16-30-25)18-7-3-2-4-8-18/h2-14,16,20H,15H2,1H3,(H,26,27)/t20-/m1/s1. The number of para-hydroxylation sites is 2. The lowest BCUT2D eigenvalue weighted by Crippen LogP contribution is -2.07. The van der Waals surface area contributed by atoms with Gasteiger partial charge in [0, 0.05) is 10.9 Å². The number of fused-ring (bicyclic) bond motifs is 1. The van der Waals surface area contributed by atoms with Gasteiger partial charge >= 0.3 is 0 Å². The molecule has 0 radical (unpaired) electrons. The average Bonchev–Trinajstić information content (AvgIpc) is 3.46. The summed E-state index contributed by atoms with van der Waals surface area (Å²) in [6.07, 6.45) is 0.811. The Bertz CT molecular complexity index is 1230. The van der Waals surface area contributed by atoms with Crippen molar-refractivity contribution < 1.29 is 4.74 Å². The number of imidazole rings is 1. The molecule has 0 saturated carbocycles. The maximum absolute atomic E-state index is 5.31. The quantitative estimate of drug-likeness (QED) is 0.369. The number of ether oxygens (including phenoxy) is 1. The molecule has 148 valence electrons. The smallest absolute Gasteiger partial charge is 0.118 e. The van der Waals surface area contributed by atoms with E-state index in [1.54, 1.807) is 18.4 Å². The number of benzene rings is 3. The van der Waals surface area contributed by atoms with Crippen LogP contribution in [0.4, 0.5) is 0 Å². The first-order valence-corrected chi connectivity index (χ1v) is 10.8. The van der Waals surface area contributed by atoms with E-state index in [2.05, 4.69) is 40.7 Å². The minimum absolute atomic E-state index is 0.0493. The lowest BCUT2D eigenvalue weighted by atomic mass is 9.99. The van der Waals surface area contributed by atoms with E-state index in [1.165, 1.54) is 5.56 Å². The fraction of sp³-hybridized carbons (Fsp3) is 0.120. The number of hydrogen-bond donors (Lipinski definition) is 1. The second-order valence-electron chi connectivity index (χ2n) is 7.18. The highest BCUT2D eigenvalue weighted by atomic mass is 32.1. The van der Waals surface area contributed by atoms with Crippen molar-refractivity contribution in [1.29, 1.82) is 0 Å². The van der Waals surface area contributed by atoms with Crippen molar-refractivity contribution in [2.45, 2.75) is 12.3 Å². The maximum atomic E-state index is 5.31. The zero-order valence-electron chi connectivity index (χ0n) is 16.6. The summed E-state index contributed by atoms with van der Waals surface area (Å²) in [5.41, 5.74) is 5.39. The monoisotopic (exact) mass is 411 g/mol. The largest absolute Gasteiger partial charge is 0.497 e. The van der Waals surface area contributed by atoms with Crippen molar-refractivity contribution in [3.8, 4) is 17.0 Å². The van der Waals surface area contributed by atoms with E-state index in [-0.39, 0.29) is 5.92 Å². The van der Waals surface area contributed by atoms with Gasteiger partial charge in [-0.2, -0.15) is 0 Å². The van der Waals surface area contributed by atoms with Crippen LogP contribution >= 0.6 is 11.3 Å². The molecular weight excluding hydrogens is 390 g/mol. The molecule has 2 aromatic heterocycles. The number of rotatable bonds is 6. The Morgan fingerprint density at radius 3 is 2.43 bits per heavy atom. The fourth-order valence-corrected chi connectivity index (χ4v) is 4.56. The van der Waals surface area contributed by atoms with Crippen LogP contribution in [0.5, 0.6) is 5.75 Å². The molecule has 0 saturated heterocycles. The Morgan fingerprint density at radius 1 is 0.900 bits per heavy atom. The normalized spacial score (nSPS) is 12.2. The van der Waals surface area contributed by atoms with Crippen LogP contribution in [0.15, 0.2) is 84.2 Å². The predicted octanol–water partition coefficient (Wildman–Crippen LogP) is 6.07. The van der Waals surface area contributed by atoms with Gasteiger partial charge in [-0.05, 0) is 36.2 Å². The molecule has 5 rings (SSSR count). The molecule has 0 amide bonds. The van der Waals surface area contributed by atoms with Crippen LogP contribution in [-0.2, 0) is 6.42 Å². The molecular formula is C25H21N3OS. The summed E-state index contributed by atoms with van der Waals surface area (Å²) in [6, 6.07) is 26.7. The molecule has 0 unspecified atom stereocenters. The molecule has 0 bridgehead atoms. The van der Waals surface area contributed by atoms with Gasteiger partial charge in [-0.25, -0.2) is 9.97 Å². The maximum Gasteiger partial charge on any atom is 0.118 e. The highest BCUT2D eigenvalue weighted by Gasteiger charge is 2.22. The number of nitrogens with one attached hydrogen (secondary N) is 1. The Kier molecular flexibility index (Phi) is 5.03. The van der Waals surface area contributed by atoms with Gasteiger partial charge in [0.05, 0.1) is 29.8 Å². The lowest BCUT2D eigenvalue weighted by molar-refractivity contribution is 0.414. The highest BCUT2D eigenvalue weighted by Crippen LogP contribution is 2.33. The second kappa shape index (κ2) is 8.13. The minimum atomic E-state index is 0.0493. The topological polar surface area (TPSA) is 50.8 Å². The molecule has 30 heavy (non-hydrogen) atoms. The summed E-state index contributed by atoms with van der Waals surface area (Å²) in [5, 5.41) is 3.19. The first-order chi connectivity index (χ1) is 14.8. The molecule has 0 aliphatic rings. The van der Waals surface area contributed by atoms with Gasteiger partial charge in [0.15, 0.2) is 0 Å². The van der Waals surface area contributed by atoms with E-state index in [1.807, 2.05) is 48.5 Å². The van der Waals surface area contributed by atoms with E-state index in [4.69, 9.17) is 14.7 Å². The van der Waals surface area contributed by atoms with Crippen molar-refractivity contribution >= 4 is 22.4 Å². The van der Waals surface area contributed by atoms with Gasteiger partial charge in [-0.3, -0.25) is 0 Å². The van der Waals surface area contributed by atoms with Crippen LogP contribution in [0.25, 0.3) is 22.3 Å². The van der Waals surface area contributed by atoms with E-state index >= 15 is 0 Å². The molecule has 0 fully saturated rings. The summed E-state index contributed by atoms with van der Waals surface area (Å²) in [7, 11) is 1.69. The Labute approximate surface area is 179 Å². The molecule has 3 aromatic carbocycles. The van der Waals surface area contributed by atoms with Gasteiger partial charge in [-0.15, -0.1) is 11.3 Å². The van der Waals surface area contributed by atoms with E-state index in [0.29, 0.717) is 0 Å². The third kappa shape index (κ3) is 3.72. The zero-order valence-corrected chi connectivity index (χ0v) is 17.4. The number of aromatic nitrogens is 3. The Balaban J connectivity index is 1.54. The first kappa shape index (κ1) is 18.6. The number of H-pyrrole nitrogens is 1. The van der Waals surface area contributed by atoms with E-state index < -0.39 is 0 Å². The summed E-state index contributed by atoms with van der Waals surface area (Å²) < 4.78 is 5.31. The number of aromatic amines is 1. The molecule has 1 N–H and O–H groups in total. The fourth-order valence-electron chi connectivity index (χ4n) is 3.62. The van der Waals surface area contributed by atoms with Crippen LogP contribution in [0, 0.1) is 0 Å². The van der Waals surface area contributed by atoms with Crippen LogP contribution in [0.2, 0.25) is 0 Å².